The molecule has 0 radical (unpaired) electrons. The first kappa shape index (κ1) is 13.0. The summed E-state index contributed by atoms with van der Waals surface area (Å²) in [6.07, 6.45) is 1.43. The molecule has 2 aliphatic heterocycles. The van der Waals surface area contributed by atoms with Gasteiger partial charge in [-0.3, -0.25) is 0 Å². The Bertz CT molecular complexity index is 545. The van der Waals surface area contributed by atoms with Crippen molar-refractivity contribution in [2.24, 2.45) is 0 Å². The monoisotopic (exact) mass is 353 g/mol. The van der Waals surface area contributed by atoms with E-state index in [0.29, 0.717) is 17.1 Å². The van der Waals surface area contributed by atoms with Gasteiger partial charge in [0, 0.05) is 12.1 Å². The van der Waals surface area contributed by atoms with Crippen molar-refractivity contribution in [1.29, 1.82) is 0 Å². The van der Waals surface area contributed by atoms with E-state index in [2.05, 4.69) is 15.9 Å². The van der Waals surface area contributed by atoms with Gasteiger partial charge in [-0.2, -0.15) is 4.31 Å². The molecule has 1 aromatic heterocycles. The highest BCUT2D eigenvalue weighted by Gasteiger charge is 2.47. The van der Waals surface area contributed by atoms with E-state index in [9.17, 15) is 12.8 Å². The fourth-order valence-electron chi connectivity index (χ4n) is 3.00. The van der Waals surface area contributed by atoms with Crippen LogP contribution in [0.3, 0.4) is 0 Å². The second-order valence-electron chi connectivity index (χ2n) is 4.85. The Morgan fingerprint density at radius 2 is 1.89 bits per heavy atom. The number of thiophene rings is 1. The molecule has 2 bridgehead atoms. The van der Waals surface area contributed by atoms with Crippen molar-refractivity contribution in [3.05, 3.63) is 15.9 Å². The maximum Gasteiger partial charge on any atom is 0.253 e. The summed E-state index contributed by atoms with van der Waals surface area (Å²) in [6.45, 7) is 0. The van der Waals surface area contributed by atoms with Crippen LogP contribution in [0, 0.1) is 0 Å². The minimum atomic E-state index is -3.45. The molecule has 2 unspecified atom stereocenters. The lowest BCUT2D eigenvalue weighted by molar-refractivity contribution is 0.150. The SMILES string of the molecule is O=S(=O)(c1ccc(Br)s1)N1C2CCC1CC(F)C2. The van der Waals surface area contributed by atoms with E-state index in [-0.39, 0.29) is 12.1 Å². The second-order valence-corrected chi connectivity index (χ2v) is 9.38. The summed E-state index contributed by atoms with van der Waals surface area (Å²) in [6, 6.07) is 3.06. The van der Waals surface area contributed by atoms with Crippen LogP contribution >= 0.6 is 27.3 Å². The molecule has 0 aromatic carbocycles. The van der Waals surface area contributed by atoms with Crippen molar-refractivity contribution in [2.45, 2.75) is 48.1 Å². The van der Waals surface area contributed by atoms with Gasteiger partial charge in [-0.05, 0) is 53.7 Å². The summed E-state index contributed by atoms with van der Waals surface area (Å²) in [5, 5.41) is 0. The van der Waals surface area contributed by atoms with Gasteiger partial charge >= 0.3 is 0 Å². The average Bonchev–Trinajstić information content (AvgIpc) is 2.83. The highest BCUT2D eigenvalue weighted by Crippen LogP contribution is 2.42. The third-order valence-electron chi connectivity index (χ3n) is 3.69. The lowest BCUT2D eigenvalue weighted by Crippen LogP contribution is -2.46. The number of hydrogen-bond acceptors (Lipinski definition) is 3. The maximum atomic E-state index is 13.5. The molecule has 0 saturated carbocycles. The van der Waals surface area contributed by atoms with Gasteiger partial charge in [0.05, 0.1) is 3.79 Å². The summed E-state index contributed by atoms with van der Waals surface area (Å²) in [4.78, 5) is 0. The van der Waals surface area contributed by atoms with Crippen molar-refractivity contribution in [3.63, 3.8) is 0 Å². The molecule has 0 spiro atoms. The van der Waals surface area contributed by atoms with Crippen molar-refractivity contribution >= 4 is 37.3 Å². The summed E-state index contributed by atoms with van der Waals surface area (Å²) in [7, 11) is -3.45. The molecule has 2 fully saturated rings. The summed E-state index contributed by atoms with van der Waals surface area (Å²) in [5.74, 6) is 0. The molecule has 3 rings (SSSR count). The fraction of sp³-hybridized carbons (Fsp3) is 0.636. The van der Waals surface area contributed by atoms with Crippen molar-refractivity contribution in [3.8, 4) is 0 Å². The second kappa shape index (κ2) is 4.54. The van der Waals surface area contributed by atoms with Crippen LogP contribution in [0.15, 0.2) is 20.1 Å². The van der Waals surface area contributed by atoms with Crippen LogP contribution < -0.4 is 0 Å². The molecule has 3 heterocycles. The van der Waals surface area contributed by atoms with E-state index in [4.69, 9.17) is 0 Å². The van der Waals surface area contributed by atoms with Crippen molar-refractivity contribution in [1.82, 2.24) is 4.31 Å². The number of piperidine rings is 1. The van der Waals surface area contributed by atoms with Crippen LogP contribution in [0.1, 0.15) is 25.7 Å². The molecule has 1 aromatic rings. The lowest BCUT2D eigenvalue weighted by atomic mass is 10.0. The summed E-state index contributed by atoms with van der Waals surface area (Å²) >= 11 is 4.49. The molecular formula is C11H13BrFNO2S2. The summed E-state index contributed by atoms with van der Waals surface area (Å²) in [5.41, 5.74) is 0. The van der Waals surface area contributed by atoms with Crippen LogP contribution in [0.2, 0.25) is 0 Å². The number of fused-ring (bicyclic) bond motifs is 2. The molecule has 7 heteroatoms. The van der Waals surface area contributed by atoms with Crippen LogP contribution in [0.5, 0.6) is 0 Å². The largest absolute Gasteiger partial charge is 0.253 e. The van der Waals surface area contributed by atoms with E-state index in [1.165, 1.54) is 11.3 Å². The predicted molar refractivity (Wildman–Crippen MR) is 72.0 cm³/mol. The van der Waals surface area contributed by atoms with Gasteiger partial charge in [-0.15, -0.1) is 11.3 Å². The van der Waals surface area contributed by atoms with E-state index < -0.39 is 16.2 Å². The van der Waals surface area contributed by atoms with Gasteiger partial charge in [0.15, 0.2) is 0 Å². The summed E-state index contributed by atoms with van der Waals surface area (Å²) < 4.78 is 41.3. The van der Waals surface area contributed by atoms with E-state index in [1.807, 2.05) is 0 Å². The van der Waals surface area contributed by atoms with Crippen molar-refractivity contribution in [2.75, 3.05) is 0 Å². The Morgan fingerprint density at radius 1 is 1.28 bits per heavy atom. The van der Waals surface area contributed by atoms with Crippen LogP contribution in [0.25, 0.3) is 0 Å². The van der Waals surface area contributed by atoms with Crippen molar-refractivity contribution < 1.29 is 12.8 Å². The zero-order valence-electron chi connectivity index (χ0n) is 9.55. The molecule has 0 N–H and O–H groups in total. The van der Waals surface area contributed by atoms with E-state index in [0.717, 1.165) is 16.6 Å². The third kappa shape index (κ3) is 2.05. The number of nitrogens with zero attached hydrogens (tertiary/aromatic N) is 1. The average molecular weight is 354 g/mol. The predicted octanol–water partition coefficient (Wildman–Crippen LogP) is 3.16. The van der Waals surface area contributed by atoms with Gasteiger partial charge in [0.25, 0.3) is 10.0 Å². The Morgan fingerprint density at radius 3 is 2.39 bits per heavy atom. The third-order valence-corrected chi connectivity index (χ3v) is 7.78. The van der Waals surface area contributed by atoms with E-state index in [1.54, 1.807) is 16.4 Å². The van der Waals surface area contributed by atoms with Crippen LogP contribution in [-0.4, -0.2) is 31.0 Å². The first-order chi connectivity index (χ1) is 8.48. The highest BCUT2D eigenvalue weighted by molar-refractivity contribution is 9.11. The molecule has 0 aliphatic carbocycles. The van der Waals surface area contributed by atoms with Gasteiger partial charge in [-0.1, -0.05) is 0 Å². The fourth-order valence-corrected chi connectivity index (χ4v) is 7.01. The van der Waals surface area contributed by atoms with Gasteiger partial charge < -0.3 is 0 Å². The van der Waals surface area contributed by atoms with Gasteiger partial charge in [0.1, 0.15) is 10.4 Å². The normalized spacial score (nSPS) is 32.9. The van der Waals surface area contributed by atoms with Crippen LogP contribution in [0.4, 0.5) is 4.39 Å². The molecule has 0 amide bonds. The highest BCUT2D eigenvalue weighted by atomic mass is 79.9. The smallest absolute Gasteiger partial charge is 0.247 e. The molecule has 100 valence electrons. The quantitative estimate of drug-likeness (QED) is 0.818. The molecule has 2 aliphatic rings. The minimum absolute atomic E-state index is 0.148. The lowest BCUT2D eigenvalue weighted by Gasteiger charge is -2.34. The number of rotatable bonds is 2. The number of sulfonamides is 1. The molecule has 18 heavy (non-hydrogen) atoms. The van der Waals surface area contributed by atoms with Crippen LogP contribution in [-0.2, 0) is 10.0 Å². The topological polar surface area (TPSA) is 37.4 Å². The molecule has 2 atom stereocenters. The Hall–Kier alpha value is 0.0200. The zero-order valence-corrected chi connectivity index (χ0v) is 12.8. The zero-order chi connectivity index (χ0) is 12.9. The first-order valence-electron chi connectivity index (χ1n) is 5.91. The van der Waals surface area contributed by atoms with E-state index >= 15 is 0 Å². The van der Waals surface area contributed by atoms with Gasteiger partial charge in [0.2, 0.25) is 0 Å². The standard InChI is InChI=1S/C11H13BrFNO2S2/c12-10-3-4-11(17-10)18(15,16)14-8-1-2-9(14)6-7(13)5-8/h3-4,7-9H,1-2,5-6H2. The Kier molecular flexibility index (Phi) is 3.28. The molecular weight excluding hydrogens is 341 g/mol. The number of hydrogen-bond donors (Lipinski definition) is 0. The number of alkyl halides is 1. The Labute approximate surface area is 118 Å². The van der Waals surface area contributed by atoms with Gasteiger partial charge in [-0.25, -0.2) is 12.8 Å². The number of halogens is 2. The molecule has 2 saturated heterocycles. The minimum Gasteiger partial charge on any atom is -0.247 e. The molecule has 3 nitrogen and oxygen atoms in total. The first-order valence-corrected chi connectivity index (χ1v) is 8.96. The maximum absolute atomic E-state index is 13.5. The Balaban J connectivity index is 1.96.